The third-order valence-electron chi connectivity index (χ3n) is 4.33. The molecule has 3 rings (SSSR count). The van der Waals surface area contributed by atoms with Crippen molar-refractivity contribution in [2.75, 3.05) is 16.4 Å². The largest absolute Gasteiger partial charge is 0.478 e. The molecule has 0 fully saturated rings. The highest BCUT2D eigenvalue weighted by Crippen LogP contribution is 2.23. The third-order valence-corrected chi connectivity index (χ3v) is 5.85. The van der Waals surface area contributed by atoms with E-state index in [1.54, 1.807) is 36.4 Å². The van der Waals surface area contributed by atoms with E-state index in [1.165, 1.54) is 17.8 Å². The number of benzene rings is 3. The Morgan fingerprint density at radius 1 is 0.788 bits per heavy atom. The monoisotopic (exact) mass is 528 g/mol. The summed E-state index contributed by atoms with van der Waals surface area (Å²) >= 11 is 4.60. The number of rotatable bonds is 8. The smallest absolute Gasteiger partial charge is 0.336 e. The van der Waals surface area contributed by atoms with Crippen molar-refractivity contribution in [1.82, 2.24) is 0 Å². The van der Waals surface area contributed by atoms with E-state index in [0.717, 1.165) is 21.5 Å². The van der Waals surface area contributed by atoms with E-state index in [1.807, 2.05) is 12.1 Å². The molecule has 0 bridgehead atoms. The minimum Gasteiger partial charge on any atom is -0.478 e. The van der Waals surface area contributed by atoms with E-state index in [2.05, 4.69) is 26.6 Å². The molecule has 10 heteroatoms. The molecule has 0 aromatic heterocycles. The van der Waals surface area contributed by atoms with Crippen molar-refractivity contribution in [1.29, 1.82) is 0 Å². The molecular weight excluding hydrogens is 512 g/mol. The molecule has 0 aliphatic rings. The van der Waals surface area contributed by atoms with Crippen LogP contribution in [0.1, 0.15) is 31.1 Å². The Balaban J connectivity index is 1.65. The Bertz CT molecular complexity index is 1230. The molecule has 0 aliphatic heterocycles. The number of amides is 2. The van der Waals surface area contributed by atoms with Gasteiger partial charge in [-0.25, -0.2) is 9.59 Å². The van der Waals surface area contributed by atoms with Gasteiger partial charge < -0.3 is 20.8 Å². The van der Waals surface area contributed by atoms with Gasteiger partial charge in [-0.15, -0.1) is 11.8 Å². The van der Waals surface area contributed by atoms with Crippen LogP contribution < -0.4 is 10.6 Å². The van der Waals surface area contributed by atoms with Crippen molar-refractivity contribution < 1.29 is 29.4 Å². The molecule has 0 heterocycles. The van der Waals surface area contributed by atoms with Crippen LogP contribution in [0.3, 0.4) is 0 Å². The Morgan fingerprint density at radius 2 is 1.52 bits per heavy atom. The lowest BCUT2D eigenvalue weighted by Gasteiger charge is -2.10. The zero-order valence-electron chi connectivity index (χ0n) is 16.9. The van der Waals surface area contributed by atoms with Crippen molar-refractivity contribution >= 4 is 62.8 Å². The summed E-state index contributed by atoms with van der Waals surface area (Å²) in [5.41, 5.74) is 0.260. The fourth-order valence-corrected chi connectivity index (χ4v) is 3.81. The summed E-state index contributed by atoms with van der Waals surface area (Å²) in [5.74, 6) is -3.45. The number of hydrogen-bond acceptors (Lipinski definition) is 5. The van der Waals surface area contributed by atoms with Gasteiger partial charge in [-0.3, -0.25) is 9.59 Å². The van der Waals surface area contributed by atoms with Crippen molar-refractivity contribution in [2.45, 2.75) is 4.90 Å². The predicted molar refractivity (Wildman–Crippen MR) is 128 cm³/mol. The summed E-state index contributed by atoms with van der Waals surface area (Å²) in [7, 11) is 0. The molecule has 0 aliphatic carbocycles. The first-order valence-electron chi connectivity index (χ1n) is 9.43. The quantitative estimate of drug-likeness (QED) is 0.307. The molecule has 0 saturated carbocycles. The number of aromatic carboxylic acids is 2. The van der Waals surface area contributed by atoms with Crippen LogP contribution in [0.25, 0.3) is 0 Å². The first kappa shape index (κ1) is 24.0. The SMILES string of the molecule is O=C(CSc1cccc(NC(=O)c2ccc(C(=O)O)cc2C(=O)O)c1)Nc1ccc(Br)cc1. The van der Waals surface area contributed by atoms with Crippen molar-refractivity contribution in [3.05, 3.63) is 87.9 Å². The van der Waals surface area contributed by atoms with Crippen LogP contribution >= 0.6 is 27.7 Å². The number of carboxylic acid groups (broad SMARTS) is 2. The minimum absolute atomic E-state index is 0.146. The number of carbonyl (C=O) groups is 4. The van der Waals surface area contributed by atoms with E-state index < -0.39 is 23.4 Å². The summed E-state index contributed by atoms with van der Waals surface area (Å²) < 4.78 is 0.905. The van der Waals surface area contributed by atoms with Gasteiger partial charge in [0.05, 0.1) is 22.4 Å². The number of carbonyl (C=O) groups excluding carboxylic acids is 2. The van der Waals surface area contributed by atoms with Gasteiger partial charge in [-0.2, -0.15) is 0 Å². The maximum Gasteiger partial charge on any atom is 0.336 e. The first-order chi connectivity index (χ1) is 15.7. The van der Waals surface area contributed by atoms with E-state index >= 15 is 0 Å². The highest BCUT2D eigenvalue weighted by molar-refractivity contribution is 9.10. The number of thioether (sulfide) groups is 1. The molecule has 168 valence electrons. The Labute approximate surface area is 201 Å². The summed E-state index contributed by atoms with van der Waals surface area (Å²) in [6.07, 6.45) is 0. The van der Waals surface area contributed by atoms with Gasteiger partial charge in [0.25, 0.3) is 5.91 Å². The third kappa shape index (κ3) is 6.67. The van der Waals surface area contributed by atoms with Crippen LogP contribution in [0.4, 0.5) is 11.4 Å². The molecule has 0 saturated heterocycles. The maximum absolute atomic E-state index is 12.6. The van der Waals surface area contributed by atoms with Gasteiger partial charge in [0, 0.05) is 20.7 Å². The van der Waals surface area contributed by atoms with Crippen LogP contribution in [-0.2, 0) is 4.79 Å². The average molecular weight is 529 g/mol. The van der Waals surface area contributed by atoms with Crippen LogP contribution in [-0.4, -0.2) is 39.7 Å². The Morgan fingerprint density at radius 3 is 2.18 bits per heavy atom. The minimum atomic E-state index is -1.41. The maximum atomic E-state index is 12.6. The molecule has 2 amide bonds. The zero-order valence-corrected chi connectivity index (χ0v) is 19.3. The molecule has 3 aromatic carbocycles. The number of halogens is 1. The second kappa shape index (κ2) is 10.8. The Hall–Kier alpha value is -3.63. The van der Waals surface area contributed by atoms with Gasteiger partial charge in [-0.1, -0.05) is 22.0 Å². The molecule has 8 nitrogen and oxygen atoms in total. The second-order valence-electron chi connectivity index (χ2n) is 6.70. The second-order valence-corrected chi connectivity index (χ2v) is 8.66. The molecular formula is C23H17BrN2O6S. The average Bonchev–Trinajstić information content (AvgIpc) is 2.79. The standard InChI is InChI=1S/C23H17BrN2O6S/c24-14-5-7-15(8-6-14)25-20(27)12-33-17-3-1-2-16(11-17)26-21(28)18-9-4-13(22(29)30)10-19(18)23(31)32/h1-11H,12H2,(H,25,27)(H,26,28)(H,29,30)(H,31,32). The molecule has 4 N–H and O–H groups in total. The van der Waals surface area contributed by atoms with Gasteiger partial charge in [0.15, 0.2) is 0 Å². The number of anilines is 2. The van der Waals surface area contributed by atoms with Crippen molar-refractivity contribution in [2.24, 2.45) is 0 Å². The van der Waals surface area contributed by atoms with E-state index in [0.29, 0.717) is 11.4 Å². The highest BCUT2D eigenvalue weighted by atomic mass is 79.9. The topological polar surface area (TPSA) is 133 Å². The van der Waals surface area contributed by atoms with Gasteiger partial charge in [0.1, 0.15) is 0 Å². The summed E-state index contributed by atoms with van der Waals surface area (Å²) in [6, 6.07) is 17.2. The molecule has 0 atom stereocenters. The van der Waals surface area contributed by atoms with Gasteiger partial charge >= 0.3 is 11.9 Å². The van der Waals surface area contributed by atoms with Gasteiger partial charge in [-0.05, 0) is 60.7 Å². The van der Waals surface area contributed by atoms with E-state index in [9.17, 15) is 24.3 Å². The summed E-state index contributed by atoms with van der Waals surface area (Å²) in [6.45, 7) is 0. The van der Waals surface area contributed by atoms with E-state index in [-0.39, 0.29) is 22.8 Å². The summed E-state index contributed by atoms with van der Waals surface area (Å²) in [5, 5.41) is 23.8. The van der Waals surface area contributed by atoms with Crippen molar-refractivity contribution in [3.8, 4) is 0 Å². The van der Waals surface area contributed by atoms with Crippen LogP contribution in [0.5, 0.6) is 0 Å². The predicted octanol–water partition coefficient (Wildman–Crippen LogP) is 4.83. The highest BCUT2D eigenvalue weighted by Gasteiger charge is 2.19. The number of nitrogens with one attached hydrogen (secondary N) is 2. The molecule has 0 spiro atoms. The molecule has 0 unspecified atom stereocenters. The number of hydrogen-bond donors (Lipinski definition) is 4. The molecule has 0 radical (unpaired) electrons. The molecule has 33 heavy (non-hydrogen) atoms. The zero-order chi connectivity index (χ0) is 24.0. The van der Waals surface area contributed by atoms with Crippen molar-refractivity contribution in [3.63, 3.8) is 0 Å². The number of carboxylic acids is 2. The molecule has 3 aromatic rings. The van der Waals surface area contributed by atoms with E-state index in [4.69, 9.17) is 5.11 Å². The lowest BCUT2D eigenvalue weighted by molar-refractivity contribution is -0.113. The lowest BCUT2D eigenvalue weighted by atomic mass is 10.0. The fourth-order valence-electron chi connectivity index (χ4n) is 2.79. The Kier molecular flexibility index (Phi) is 7.86. The van der Waals surface area contributed by atoms with Crippen LogP contribution in [0, 0.1) is 0 Å². The lowest BCUT2D eigenvalue weighted by Crippen LogP contribution is -2.17. The summed E-state index contributed by atoms with van der Waals surface area (Å²) in [4.78, 5) is 48.1. The first-order valence-corrected chi connectivity index (χ1v) is 11.2. The normalized spacial score (nSPS) is 10.3. The van der Waals surface area contributed by atoms with Gasteiger partial charge in [0.2, 0.25) is 5.91 Å². The van der Waals surface area contributed by atoms with Crippen LogP contribution in [0.2, 0.25) is 0 Å². The van der Waals surface area contributed by atoms with Crippen LogP contribution in [0.15, 0.2) is 76.1 Å². The fraction of sp³-hybridized carbons (Fsp3) is 0.0435.